The van der Waals surface area contributed by atoms with Gasteiger partial charge in [-0.2, -0.15) is 0 Å². The van der Waals surface area contributed by atoms with Gasteiger partial charge in [0, 0.05) is 31.5 Å². The molecule has 0 bridgehead atoms. The third-order valence-electron chi connectivity index (χ3n) is 5.31. The number of methoxy groups -OCH3 is 1. The molecule has 1 unspecified atom stereocenters. The van der Waals surface area contributed by atoms with Crippen molar-refractivity contribution in [1.82, 2.24) is 15.2 Å². The molecule has 0 amide bonds. The lowest BCUT2D eigenvalue weighted by Crippen LogP contribution is -2.39. The van der Waals surface area contributed by atoms with Crippen molar-refractivity contribution >= 4 is 41.3 Å². The third-order valence-corrected chi connectivity index (χ3v) is 6.37. The van der Waals surface area contributed by atoms with Gasteiger partial charge in [0.15, 0.2) is 17.5 Å². The van der Waals surface area contributed by atoms with Gasteiger partial charge in [0.1, 0.15) is 24.3 Å². The smallest absolute Gasteiger partial charge is 0.194 e. The number of guanidine groups is 1. The van der Waals surface area contributed by atoms with Gasteiger partial charge in [-0.1, -0.05) is 19.9 Å². The number of benzene rings is 1. The van der Waals surface area contributed by atoms with Crippen LogP contribution in [-0.2, 0) is 16.7 Å². The van der Waals surface area contributed by atoms with Crippen molar-refractivity contribution in [3.8, 4) is 11.5 Å². The molecule has 7 nitrogen and oxygen atoms in total. The first kappa shape index (κ1) is 26.7. The van der Waals surface area contributed by atoms with Crippen LogP contribution in [-0.4, -0.2) is 56.3 Å². The number of hydrogen-bond donors (Lipinski definition) is 1. The Kier molecular flexibility index (Phi) is 10.0. The van der Waals surface area contributed by atoms with Gasteiger partial charge >= 0.3 is 0 Å². The van der Waals surface area contributed by atoms with Crippen molar-refractivity contribution in [3.05, 3.63) is 39.8 Å². The molecule has 1 N–H and O–H groups in total. The van der Waals surface area contributed by atoms with Crippen LogP contribution < -0.4 is 14.8 Å². The highest BCUT2D eigenvalue weighted by molar-refractivity contribution is 14.0. The Bertz CT molecular complexity index is 903. The third kappa shape index (κ3) is 6.71. The fraction of sp³-hybridized carbons (Fsp3) is 0.565. The quantitative estimate of drug-likeness (QED) is 0.282. The fourth-order valence-corrected chi connectivity index (χ4v) is 4.14. The molecule has 0 saturated carbocycles. The van der Waals surface area contributed by atoms with Crippen LogP contribution >= 0.6 is 35.3 Å². The lowest BCUT2D eigenvalue weighted by atomic mass is 9.84. The summed E-state index contributed by atoms with van der Waals surface area (Å²) in [6, 6.07) is 6.18. The van der Waals surface area contributed by atoms with Gasteiger partial charge in [-0.05, 0) is 31.5 Å². The van der Waals surface area contributed by atoms with E-state index < -0.39 is 0 Å². The normalized spacial score (nSPS) is 14.5. The molecule has 178 valence electrons. The molecule has 2 aromatic rings. The first-order valence-electron chi connectivity index (χ1n) is 10.7. The number of aromatic nitrogens is 1. The predicted octanol–water partition coefficient (Wildman–Crippen LogP) is 4.61. The summed E-state index contributed by atoms with van der Waals surface area (Å²) >= 11 is 1.63. The zero-order valence-corrected chi connectivity index (χ0v) is 23.0. The summed E-state index contributed by atoms with van der Waals surface area (Å²) < 4.78 is 16.8. The molecule has 1 aromatic carbocycles. The zero-order chi connectivity index (χ0) is 22.4. The highest BCUT2D eigenvalue weighted by Gasteiger charge is 2.24. The Morgan fingerprint density at radius 1 is 1.31 bits per heavy atom. The Morgan fingerprint density at radius 3 is 2.72 bits per heavy atom. The van der Waals surface area contributed by atoms with Gasteiger partial charge in [0.05, 0.1) is 18.8 Å². The van der Waals surface area contributed by atoms with Crippen LogP contribution in [0.1, 0.15) is 50.1 Å². The number of ether oxygens (including phenoxy) is 3. The summed E-state index contributed by atoms with van der Waals surface area (Å²) in [7, 11) is 3.74. The second-order valence-electron chi connectivity index (χ2n) is 8.32. The maximum absolute atomic E-state index is 5.76. The number of rotatable bonds is 8. The van der Waals surface area contributed by atoms with Crippen molar-refractivity contribution in [3.63, 3.8) is 0 Å². The van der Waals surface area contributed by atoms with Crippen molar-refractivity contribution in [1.29, 1.82) is 0 Å². The number of fused-ring (bicyclic) bond motifs is 1. The van der Waals surface area contributed by atoms with Crippen molar-refractivity contribution < 1.29 is 14.2 Å². The van der Waals surface area contributed by atoms with E-state index in [0.29, 0.717) is 26.3 Å². The summed E-state index contributed by atoms with van der Waals surface area (Å²) in [4.78, 5) is 11.8. The van der Waals surface area contributed by atoms with Gasteiger partial charge < -0.3 is 24.4 Å². The van der Waals surface area contributed by atoms with Crippen molar-refractivity contribution in [2.75, 3.05) is 40.5 Å². The average molecular weight is 575 g/mol. The molecule has 32 heavy (non-hydrogen) atoms. The number of nitrogens with one attached hydrogen (secondary N) is 1. The van der Waals surface area contributed by atoms with Crippen molar-refractivity contribution in [2.45, 2.75) is 45.8 Å². The topological polar surface area (TPSA) is 68.2 Å². The summed E-state index contributed by atoms with van der Waals surface area (Å²) in [6.45, 7) is 11.8. The number of halogens is 1. The van der Waals surface area contributed by atoms with E-state index >= 15 is 0 Å². The molecule has 1 aliphatic heterocycles. The highest BCUT2D eigenvalue weighted by Crippen LogP contribution is 2.35. The molecule has 2 heterocycles. The Hall–Kier alpha value is -1.59. The van der Waals surface area contributed by atoms with Crippen LogP contribution in [0, 0.1) is 0 Å². The molecule has 0 fully saturated rings. The first-order valence-corrected chi connectivity index (χ1v) is 11.6. The summed E-state index contributed by atoms with van der Waals surface area (Å²) in [5, 5.41) is 6.48. The molecule has 3 rings (SSSR count). The second kappa shape index (κ2) is 12.0. The maximum Gasteiger partial charge on any atom is 0.194 e. The van der Waals surface area contributed by atoms with Crippen LogP contribution in [0.5, 0.6) is 11.5 Å². The molecule has 0 spiro atoms. The lowest BCUT2D eigenvalue weighted by molar-refractivity contribution is 0.119. The van der Waals surface area contributed by atoms with Gasteiger partial charge in [-0.25, -0.2) is 4.98 Å². The Balaban J connectivity index is 0.00000363. The molecule has 1 atom stereocenters. The number of nitrogens with zero attached hydrogens (tertiary/aromatic N) is 3. The number of aliphatic imine (C=N–C) groups is 1. The molecular formula is C23H35IN4O3S. The summed E-state index contributed by atoms with van der Waals surface area (Å²) in [6.07, 6.45) is 0.0118. The van der Waals surface area contributed by atoms with Crippen molar-refractivity contribution in [2.24, 2.45) is 4.99 Å². The van der Waals surface area contributed by atoms with E-state index in [2.05, 4.69) is 48.5 Å². The van der Waals surface area contributed by atoms with Crippen LogP contribution in [0.25, 0.3) is 0 Å². The number of thiazole rings is 1. The van der Waals surface area contributed by atoms with E-state index in [1.54, 1.807) is 18.4 Å². The van der Waals surface area contributed by atoms with E-state index in [1.807, 2.05) is 20.0 Å². The van der Waals surface area contributed by atoms with E-state index in [1.165, 1.54) is 5.56 Å². The minimum Gasteiger partial charge on any atom is -0.486 e. The average Bonchev–Trinajstić information content (AvgIpc) is 3.24. The summed E-state index contributed by atoms with van der Waals surface area (Å²) in [5.41, 5.74) is 2.04. The second-order valence-corrected chi connectivity index (χ2v) is 9.21. The molecule has 0 radical (unpaired) electrons. The monoisotopic (exact) mass is 574 g/mol. The first-order chi connectivity index (χ1) is 14.8. The molecule has 9 heteroatoms. The van der Waals surface area contributed by atoms with Gasteiger partial charge in [0.25, 0.3) is 0 Å². The predicted molar refractivity (Wildman–Crippen MR) is 141 cm³/mol. The molecule has 0 saturated heterocycles. The van der Waals surface area contributed by atoms with E-state index in [4.69, 9.17) is 24.2 Å². The van der Waals surface area contributed by atoms with Crippen LogP contribution in [0.15, 0.2) is 28.6 Å². The fourth-order valence-electron chi connectivity index (χ4n) is 3.30. The summed E-state index contributed by atoms with van der Waals surface area (Å²) in [5.74, 6) is 2.49. The zero-order valence-electron chi connectivity index (χ0n) is 19.8. The van der Waals surface area contributed by atoms with Crippen LogP contribution in [0.4, 0.5) is 0 Å². The van der Waals surface area contributed by atoms with Crippen LogP contribution in [0.3, 0.4) is 0 Å². The van der Waals surface area contributed by atoms with E-state index in [-0.39, 0.29) is 35.5 Å². The van der Waals surface area contributed by atoms with E-state index in [0.717, 1.165) is 34.7 Å². The standard InChI is InChI=1S/C23H34N4O3S.HI/c1-7-24-22(27(5)13-18-14-31-21(26-18)16(2)28-6)25-15-23(3,4)17-8-9-19-20(12-17)30-11-10-29-19;/h8-9,12,14,16H,7,10-11,13,15H2,1-6H3,(H,24,25);1H. The van der Waals surface area contributed by atoms with Gasteiger partial charge in [0.2, 0.25) is 0 Å². The van der Waals surface area contributed by atoms with Gasteiger partial charge in [-0.15, -0.1) is 35.3 Å². The Labute approximate surface area is 212 Å². The maximum atomic E-state index is 5.76. The molecule has 1 aliphatic rings. The molecule has 1 aromatic heterocycles. The SMILES string of the molecule is CCNC(=NCC(C)(C)c1ccc2c(c1)OCCO2)N(C)Cc1csc(C(C)OC)n1.I. The molecule has 0 aliphatic carbocycles. The van der Waals surface area contributed by atoms with Gasteiger partial charge in [-0.3, -0.25) is 4.99 Å². The van der Waals surface area contributed by atoms with Crippen LogP contribution in [0.2, 0.25) is 0 Å². The minimum atomic E-state index is -0.154. The lowest BCUT2D eigenvalue weighted by Gasteiger charge is -2.28. The highest BCUT2D eigenvalue weighted by atomic mass is 127. The Morgan fingerprint density at radius 2 is 2.03 bits per heavy atom. The minimum absolute atomic E-state index is 0. The van der Waals surface area contributed by atoms with E-state index in [9.17, 15) is 0 Å². The number of hydrogen-bond acceptors (Lipinski definition) is 6. The molecular weight excluding hydrogens is 539 g/mol. The largest absolute Gasteiger partial charge is 0.486 e.